The number of carbonyl (C=O) groups excluding carboxylic acids is 4. The first kappa shape index (κ1) is 16.8. The maximum absolute atomic E-state index is 13.0. The SMILES string of the molecule is O=C1Nc2ccccc2C(=O)C1(Cl)C1(Cl)C(=O)Nc2ccccc2C1=O. The van der Waals surface area contributed by atoms with Gasteiger partial charge in [-0.3, -0.25) is 19.2 Å². The standard InChI is InChI=1S/C18H10Cl2N2O4/c19-17(13(23)9-5-1-3-7-11(9)21-15(17)25)18(20)14(24)10-6-2-4-8-12(10)22-16(18)26/h1-8H,(H,21,25)(H,22,26). The van der Waals surface area contributed by atoms with Crippen LogP contribution in [0, 0.1) is 0 Å². The maximum Gasteiger partial charge on any atom is 0.256 e. The molecule has 2 aromatic rings. The van der Waals surface area contributed by atoms with E-state index in [1.807, 2.05) is 0 Å². The molecule has 26 heavy (non-hydrogen) atoms. The Morgan fingerprint density at radius 2 is 0.962 bits per heavy atom. The van der Waals surface area contributed by atoms with Gasteiger partial charge in [-0.05, 0) is 24.3 Å². The van der Waals surface area contributed by atoms with Crippen molar-refractivity contribution < 1.29 is 19.2 Å². The zero-order valence-electron chi connectivity index (χ0n) is 13.0. The van der Waals surface area contributed by atoms with Gasteiger partial charge < -0.3 is 10.6 Å². The van der Waals surface area contributed by atoms with Crippen LogP contribution in [-0.2, 0) is 9.59 Å². The van der Waals surface area contributed by atoms with Crippen molar-refractivity contribution in [2.24, 2.45) is 0 Å². The third-order valence-corrected chi connectivity index (χ3v) is 5.92. The number of Topliss-reactive ketones (excluding diaryl/α,β-unsaturated/α-hetero) is 2. The Kier molecular flexibility index (Phi) is 3.48. The first-order chi connectivity index (χ1) is 12.3. The summed E-state index contributed by atoms with van der Waals surface area (Å²) in [4.78, 5) is 46.3. The molecule has 8 heteroatoms. The summed E-state index contributed by atoms with van der Waals surface area (Å²) in [6, 6.07) is 12.3. The van der Waals surface area contributed by atoms with Gasteiger partial charge >= 0.3 is 0 Å². The fourth-order valence-electron chi connectivity index (χ4n) is 3.20. The van der Waals surface area contributed by atoms with Crippen LogP contribution in [0.5, 0.6) is 0 Å². The Morgan fingerprint density at radius 1 is 0.615 bits per heavy atom. The van der Waals surface area contributed by atoms with E-state index in [4.69, 9.17) is 23.2 Å². The molecule has 2 unspecified atom stereocenters. The first-order valence-corrected chi connectivity index (χ1v) is 8.36. The number of halogens is 2. The van der Waals surface area contributed by atoms with Crippen LogP contribution in [0.25, 0.3) is 0 Å². The number of carbonyl (C=O) groups is 4. The van der Waals surface area contributed by atoms with Crippen molar-refractivity contribution in [2.75, 3.05) is 10.6 Å². The molecule has 0 bridgehead atoms. The smallest absolute Gasteiger partial charge is 0.256 e. The molecule has 0 aliphatic carbocycles. The van der Waals surface area contributed by atoms with E-state index in [9.17, 15) is 19.2 Å². The highest BCUT2D eigenvalue weighted by Crippen LogP contribution is 2.48. The van der Waals surface area contributed by atoms with E-state index in [1.165, 1.54) is 24.3 Å². The van der Waals surface area contributed by atoms with E-state index in [0.29, 0.717) is 0 Å². The minimum Gasteiger partial charge on any atom is -0.323 e. The van der Waals surface area contributed by atoms with E-state index in [-0.39, 0.29) is 22.5 Å². The Hall–Kier alpha value is -2.70. The predicted molar refractivity (Wildman–Crippen MR) is 96.0 cm³/mol. The molecule has 2 heterocycles. The number of ketones is 2. The number of hydrogen-bond acceptors (Lipinski definition) is 4. The van der Waals surface area contributed by atoms with Gasteiger partial charge in [0.15, 0.2) is 11.6 Å². The Balaban J connectivity index is 1.94. The van der Waals surface area contributed by atoms with Gasteiger partial charge in [-0.2, -0.15) is 0 Å². The average Bonchev–Trinajstić information content (AvgIpc) is 2.64. The highest BCUT2D eigenvalue weighted by Gasteiger charge is 2.71. The lowest BCUT2D eigenvalue weighted by atomic mass is 9.74. The van der Waals surface area contributed by atoms with Crippen LogP contribution in [0.15, 0.2) is 48.5 Å². The van der Waals surface area contributed by atoms with Gasteiger partial charge in [0.05, 0.1) is 11.4 Å². The Morgan fingerprint density at radius 3 is 1.35 bits per heavy atom. The lowest BCUT2D eigenvalue weighted by Gasteiger charge is -2.42. The maximum atomic E-state index is 13.0. The van der Waals surface area contributed by atoms with E-state index in [1.54, 1.807) is 24.3 Å². The Bertz CT molecular complexity index is 940. The average molecular weight is 389 g/mol. The number of nitrogens with one attached hydrogen (secondary N) is 2. The van der Waals surface area contributed by atoms with Crippen LogP contribution in [0.2, 0.25) is 0 Å². The topological polar surface area (TPSA) is 92.3 Å². The second kappa shape index (κ2) is 5.40. The summed E-state index contributed by atoms with van der Waals surface area (Å²) < 4.78 is 0. The number of para-hydroxylation sites is 2. The molecule has 2 aromatic carbocycles. The second-order valence-corrected chi connectivity index (χ2v) is 7.11. The predicted octanol–water partition coefficient (Wildman–Crippen LogP) is 2.61. The summed E-state index contributed by atoms with van der Waals surface area (Å²) in [5.74, 6) is -3.87. The molecule has 0 saturated heterocycles. The minimum atomic E-state index is -2.63. The number of fused-ring (bicyclic) bond motifs is 2. The number of amides is 2. The van der Waals surface area contributed by atoms with Gasteiger partial charge in [-0.15, -0.1) is 0 Å². The minimum absolute atomic E-state index is 0.0709. The molecule has 0 fully saturated rings. The molecule has 0 saturated carbocycles. The van der Waals surface area contributed by atoms with Crippen molar-refractivity contribution in [2.45, 2.75) is 9.75 Å². The summed E-state index contributed by atoms with van der Waals surface area (Å²) >= 11 is 12.8. The molecule has 2 N–H and O–H groups in total. The third-order valence-electron chi connectivity index (χ3n) is 4.57. The highest BCUT2D eigenvalue weighted by molar-refractivity contribution is 6.67. The van der Waals surface area contributed by atoms with Gasteiger partial charge in [-0.25, -0.2) is 0 Å². The largest absolute Gasteiger partial charge is 0.323 e. The number of benzene rings is 2. The summed E-state index contributed by atoms with van der Waals surface area (Å²) in [6.07, 6.45) is 0. The van der Waals surface area contributed by atoms with Crippen LogP contribution >= 0.6 is 23.2 Å². The third kappa shape index (κ3) is 1.88. The number of alkyl halides is 2. The zero-order valence-corrected chi connectivity index (χ0v) is 14.5. The van der Waals surface area contributed by atoms with Gasteiger partial charge in [0.25, 0.3) is 11.8 Å². The highest BCUT2D eigenvalue weighted by atomic mass is 35.5. The van der Waals surface area contributed by atoms with Crippen LogP contribution < -0.4 is 10.6 Å². The van der Waals surface area contributed by atoms with Crippen molar-refractivity contribution >= 4 is 58.0 Å². The van der Waals surface area contributed by atoms with E-state index in [2.05, 4.69) is 10.6 Å². The number of anilines is 2. The molecule has 0 spiro atoms. The molecular formula is C18H10Cl2N2O4. The fraction of sp³-hybridized carbons (Fsp3) is 0.111. The number of rotatable bonds is 1. The lowest BCUT2D eigenvalue weighted by molar-refractivity contribution is -0.124. The van der Waals surface area contributed by atoms with E-state index in [0.717, 1.165) is 0 Å². The quantitative estimate of drug-likeness (QED) is 0.579. The Labute approximate surface area is 157 Å². The van der Waals surface area contributed by atoms with E-state index >= 15 is 0 Å². The zero-order chi connectivity index (χ0) is 18.7. The molecule has 4 rings (SSSR count). The van der Waals surface area contributed by atoms with Crippen LogP contribution in [0.4, 0.5) is 11.4 Å². The molecule has 0 aromatic heterocycles. The van der Waals surface area contributed by atoms with Gasteiger partial charge in [0.2, 0.25) is 9.75 Å². The molecule has 6 nitrogen and oxygen atoms in total. The number of hydrogen-bond donors (Lipinski definition) is 2. The van der Waals surface area contributed by atoms with E-state index < -0.39 is 33.1 Å². The molecule has 2 aliphatic heterocycles. The van der Waals surface area contributed by atoms with Crippen molar-refractivity contribution in [3.8, 4) is 0 Å². The van der Waals surface area contributed by atoms with Gasteiger partial charge in [-0.1, -0.05) is 47.5 Å². The normalized spacial score (nSPS) is 27.3. The van der Waals surface area contributed by atoms with Crippen LogP contribution in [0.1, 0.15) is 20.7 Å². The fourth-order valence-corrected chi connectivity index (χ4v) is 3.84. The lowest BCUT2D eigenvalue weighted by Crippen LogP contribution is -2.70. The molecular weight excluding hydrogens is 379 g/mol. The molecule has 2 amide bonds. The summed E-state index contributed by atoms with van der Waals surface area (Å²) in [5, 5.41) is 4.92. The molecule has 0 radical (unpaired) electrons. The molecule has 2 aliphatic rings. The first-order valence-electron chi connectivity index (χ1n) is 7.60. The van der Waals surface area contributed by atoms with Crippen LogP contribution in [0.3, 0.4) is 0 Å². The monoisotopic (exact) mass is 388 g/mol. The van der Waals surface area contributed by atoms with Crippen molar-refractivity contribution in [3.05, 3.63) is 59.7 Å². The van der Waals surface area contributed by atoms with Gasteiger partial charge in [0.1, 0.15) is 0 Å². The summed E-state index contributed by atoms with van der Waals surface area (Å²) in [5.41, 5.74) is 0.620. The summed E-state index contributed by atoms with van der Waals surface area (Å²) in [6.45, 7) is 0. The summed E-state index contributed by atoms with van der Waals surface area (Å²) in [7, 11) is 0. The molecule has 130 valence electrons. The van der Waals surface area contributed by atoms with Crippen LogP contribution in [-0.4, -0.2) is 33.1 Å². The second-order valence-electron chi connectivity index (χ2n) is 5.97. The van der Waals surface area contributed by atoms with Crippen molar-refractivity contribution in [1.29, 1.82) is 0 Å². The molecule has 2 atom stereocenters. The van der Waals surface area contributed by atoms with Crippen molar-refractivity contribution in [3.63, 3.8) is 0 Å². The van der Waals surface area contributed by atoms with Gasteiger partial charge in [0, 0.05) is 11.1 Å². The van der Waals surface area contributed by atoms with Crippen molar-refractivity contribution in [1.82, 2.24) is 0 Å².